The molecule has 2 aliphatic heterocycles. The van der Waals surface area contributed by atoms with Crippen LogP contribution in [0.2, 0.25) is 5.02 Å². The minimum Gasteiger partial charge on any atom is -0.388 e. The van der Waals surface area contributed by atoms with Crippen LogP contribution in [0.4, 0.5) is 24.7 Å². The number of aldehydes is 1. The van der Waals surface area contributed by atoms with E-state index in [1.54, 1.807) is 6.34 Å². The number of nitrogens with one attached hydrogen (secondary N) is 2. The van der Waals surface area contributed by atoms with Gasteiger partial charge >= 0.3 is 6.18 Å². The summed E-state index contributed by atoms with van der Waals surface area (Å²) in [5.74, 6) is 8.09. The Morgan fingerprint density at radius 2 is 1.89 bits per heavy atom. The molecule has 8 nitrogen and oxygen atoms in total. The van der Waals surface area contributed by atoms with Crippen molar-refractivity contribution in [3.05, 3.63) is 74.9 Å². The predicted molar refractivity (Wildman–Crippen MR) is 179 cm³/mol. The van der Waals surface area contributed by atoms with Crippen molar-refractivity contribution in [3.8, 4) is 11.8 Å². The van der Waals surface area contributed by atoms with Crippen LogP contribution >= 0.6 is 23.5 Å². The molecule has 1 fully saturated rings. The van der Waals surface area contributed by atoms with Gasteiger partial charge in [-0.1, -0.05) is 55.4 Å². The van der Waals surface area contributed by atoms with Crippen molar-refractivity contribution in [2.24, 2.45) is 16.6 Å². The van der Waals surface area contributed by atoms with E-state index in [1.165, 1.54) is 18.9 Å². The fraction of sp³-hybridized carbons (Fsp3) is 0.406. The minimum atomic E-state index is -4.52. The van der Waals surface area contributed by atoms with Crippen LogP contribution in [0.1, 0.15) is 71.2 Å². The second-order valence-electron chi connectivity index (χ2n) is 10.1. The number of aryl methyl sites for hydroxylation is 1. The van der Waals surface area contributed by atoms with Crippen molar-refractivity contribution in [1.29, 1.82) is 0 Å². The van der Waals surface area contributed by atoms with E-state index in [4.69, 9.17) is 22.4 Å². The van der Waals surface area contributed by atoms with Gasteiger partial charge in [0.05, 0.1) is 22.5 Å². The van der Waals surface area contributed by atoms with E-state index >= 15 is 0 Å². The Morgan fingerprint density at radius 1 is 1.18 bits per heavy atom. The number of aromatic nitrogens is 2. The monoisotopic (exact) mass is 661 g/mol. The first-order valence-electron chi connectivity index (χ1n) is 14.6. The summed E-state index contributed by atoms with van der Waals surface area (Å²) >= 11 is 7.13. The van der Waals surface area contributed by atoms with Crippen LogP contribution < -0.4 is 16.4 Å². The van der Waals surface area contributed by atoms with Crippen LogP contribution in [0.5, 0.6) is 0 Å². The van der Waals surface area contributed by atoms with Gasteiger partial charge in [0, 0.05) is 43.5 Å². The molecule has 0 saturated carbocycles. The summed E-state index contributed by atoms with van der Waals surface area (Å²) in [5, 5.41) is 10.9. The molecule has 1 aromatic heterocycles. The Hall–Kier alpha value is -3.50. The van der Waals surface area contributed by atoms with E-state index < -0.39 is 22.9 Å². The van der Waals surface area contributed by atoms with Crippen LogP contribution in [0.15, 0.2) is 41.4 Å². The summed E-state index contributed by atoms with van der Waals surface area (Å²) in [6.07, 6.45) is 1.54. The van der Waals surface area contributed by atoms with Crippen molar-refractivity contribution in [2.45, 2.75) is 52.5 Å². The van der Waals surface area contributed by atoms with E-state index in [-0.39, 0.29) is 5.56 Å². The van der Waals surface area contributed by atoms with E-state index in [2.05, 4.69) is 57.1 Å². The quantitative estimate of drug-likeness (QED) is 0.151. The summed E-state index contributed by atoms with van der Waals surface area (Å²) in [6.45, 7) is 9.18. The Labute approximate surface area is 272 Å². The number of hydrogen-bond donors (Lipinski definition) is 3. The lowest BCUT2D eigenvalue weighted by molar-refractivity contribution is -0.137. The SMILES string of the molecule is CC.CNc1ccc(C)c(C#Cc2nn(CC3CCN(SC)CC3)c3c2C(N)N=CN3)c1.O=Cc1ccc(Cl)c(C(F)(F)F)c1. The van der Waals surface area contributed by atoms with Crippen molar-refractivity contribution in [1.82, 2.24) is 14.1 Å². The third-order valence-corrected chi connectivity index (χ3v) is 8.47. The normalized spacial score (nSPS) is 16.1. The van der Waals surface area contributed by atoms with Gasteiger partial charge in [-0.3, -0.25) is 14.1 Å². The molecular formula is C32H39ClF3N7OS. The number of aliphatic imine (C=N–C) groups is 1. The summed E-state index contributed by atoms with van der Waals surface area (Å²) in [5.41, 5.74) is 10.0. The van der Waals surface area contributed by atoms with E-state index in [0.717, 1.165) is 60.0 Å². The van der Waals surface area contributed by atoms with Gasteiger partial charge in [0.2, 0.25) is 0 Å². The summed E-state index contributed by atoms with van der Waals surface area (Å²) < 4.78 is 41.0. The molecule has 0 bridgehead atoms. The molecule has 2 aliphatic rings. The first kappa shape index (κ1) is 36.0. The maximum Gasteiger partial charge on any atom is 0.417 e. The predicted octanol–water partition coefficient (Wildman–Crippen LogP) is 7.23. The number of anilines is 2. The highest BCUT2D eigenvalue weighted by Gasteiger charge is 2.33. The number of nitrogens with two attached hydrogens (primary N) is 1. The second kappa shape index (κ2) is 16.7. The summed E-state index contributed by atoms with van der Waals surface area (Å²) in [7, 11) is 1.91. The van der Waals surface area contributed by atoms with Crippen molar-refractivity contribution in [2.75, 3.05) is 37.0 Å². The fourth-order valence-corrected chi connectivity index (χ4v) is 5.58. The van der Waals surface area contributed by atoms with Crippen LogP contribution in [0.25, 0.3) is 0 Å². The molecule has 2 aromatic carbocycles. The molecule has 3 aromatic rings. The van der Waals surface area contributed by atoms with Gasteiger partial charge in [-0.15, -0.1) is 0 Å². The molecular weight excluding hydrogens is 623 g/mol. The molecule has 0 spiro atoms. The van der Waals surface area contributed by atoms with Crippen LogP contribution in [-0.2, 0) is 12.7 Å². The van der Waals surface area contributed by atoms with Gasteiger partial charge in [0.25, 0.3) is 0 Å². The second-order valence-corrected chi connectivity index (χ2v) is 11.4. The molecule has 13 heteroatoms. The molecule has 5 rings (SSSR count). The molecule has 1 saturated heterocycles. The number of carbonyl (C=O) groups is 1. The highest BCUT2D eigenvalue weighted by molar-refractivity contribution is 7.96. The smallest absolute Gasteiger partial charge is 0.388 e. The number of fused-ring (bicyclic) bond motifs is 1. The molecule has 3 heterocycles. The van der Waals surface area contributed by atoms with Gasteiger partial charge in [-0.25, -0.2) is 4.68 Å². The Bertz CT molecular complexity index is 1540. The van der Waals surface area contributed by atoms with Crippen LogP contribution in [0, 0.1) is 24.7 Å². The first-order valence-corrected chi connectivity index (χ1v) is 16.2. The first-order chi connectivity index (χ1) is 21.5. The van der Waals surface area contributed by atoms with E-state index in [0.29, 0.717) is 17.9 Å². The standard InChI is InChI=1S/C22H29N7S.C8H4ClF3O.C2H6/c1-15-4-6-18(24-2)12-17(15)5-7-19-20-21(23)25-14-26-22(20)29(27-19)13-16-8-10-28(30-3)11-9-16;9-7-2-1-5(4-13)3-6(7)8(10,11)12;1-2/h4,6,12,14,16,21,24H,8-11,13,23H2,1-3H3,(H,25,26);1-4H;1-2H3. The zero-order chi connectivity index (χ0) is 33.1. The zero-order valence-electron chi connectivity index (χ0n) is 26.0. The molecule has 1 unspecified atom stereocenters. The van der Waals surface area contributed by atoms with Crippen LogP contribution in [-0.4, -0.2) is 53.1 Å². The van der Waals surface area contributed by atoms with Crippen molar-refractivity contribution < 1.29 is 18.0 Å². The van der Waals surface area contributed by atoms with Gasteiger partial charge in [-0.2, -0.15) is 18.3 Å². The highest BCUT2D eigenvalue weighted by Crippen LogP contribution is 2.35. The maximum absolute atomic E-state index is 12.2. The van der Waals surface area contributed by atoms with Gasteiger partial charge < -0.3 is 16.4 Å². The number of halogens is 4. The number of rotatable bonds is 5. The number of benzene rings is 2. The van der Waals surface area contributed by atoms with Gasteiger partial charge in [0.15, 0.2) is 0 Å². The number of piperidine rings is 1. The topological polar surface area (TPSA) is 101 Å². The van der Waals surface area contributed by atoms with Crippen LogP contribution in [0.3, 0.4) is 0 Å². The average Bonchev–Trinajstić information content (AvgIpc) is 3.40. The number of alkyl halides is 3. The third kappa shape index (κ3) is 9.50. The Balaban J connectivity index is 0.000000309. The largest absolute Gasteiger partial charge is 0.417 e. The fourth-order valence-electron chi connectivity index (χ4n) is 4.78. The minimum absolute atomic E-state index is 0.0447. The lowest BCUT2D eigenvalue weighted by Crippen LogP contribution is -2.30. The molecule has 1 atom stereocenters. The third-order valence-electron chi connectivity index (χ3n) is 7.26. The number of carbonyl (C=O) groups excluding carboxylic acids is 1. The van der Waals surface area contributed by atoms with Gasteiger partial charge in [0.1, 0.15) is 24.0 Å². The summed E-state index contributed by atoms with van der Waals surface area (Å²) in [4.78, 5) is 14.5. The lowest BCUT2D eigenvalue weighted by Gasteiger charge is -2.30. The highest BCUT2D eigenvalue weighted by atomic mass is 35.5. The number of hydrogen-bond acceptors (Lipinski definition) is 8. The number of nitrogens with zero attached hydrogens (tertiary/aromatic N) is 4. The van der Waals surface area contributed by atoms with Crippen molar-refractivity contribution in [3.63, 3.8) is 0 Å². The van der Waals surface area contributed by atoms with E-state index in [9.17, 15) is 18.0 Å². The summed E-state index contributed by atoms with van der Waals surface area (Å²) in [6, 6.07) is 9.17. The lowest BCUT2D eigenvalue weighted by atomic mass is 9.98. The van der Waals surface area contributed by atoms with E-state index in [1.807, 2.05) is 43.6 Å². The maximum atomic E-state index is 12.2. The van der Waals surface area contributed by atoms with Crippen molar-refractivity contribution >= 4 is 47.7 Å². The van der Waals surface area contributed by atoms with Gasteiger partial charge in [-0.05, 0) is 67.7 Å². The zero-order valence-corrected chi connectivity index (χ0v) is 27.6. The molecule has 4 N–H and O–H groups in total. The molecule has 242 valence electrons. The molecule has 0 radical (unpaired) electrons. The Kier molecular flexibility index (Phi) is 13.4. The molecule has 45 heavy (non-hydrogen) atoms. The average molecular weight is 662 g/mol. The molecule has 0 aliphatic carbocycles. The molecule has 0 amide bonds. The Morgan fingerprint density at radius 3 is 2.51 bits per heavy atom.